The summed E-state index contributed by atoms with van der Waals surface area (Å²) < 4.78 is 2.25. The summed E-state index contributed by atoms with van der Waals surface area (Å²) in [4.78, 5) is 5.10. The zero-order valence-corrected chi connectivity index (χ0v) is 28.3. The standard InChI is InChI=1S/C47H36N2/c1-29-10-16-32(17-11-29)40-26-41(33-18-12-30(2)13-19-33)37-24-25-39-43(47-48-28-44(49(47)4)35-8-6-5-7-9-35)27-42(34-20-14-31(3)15-21-34)38-23-22-36(40)45(37)46(38)39/h5-28H,1-4H3. The number of aromatic nitrogens is 2. The van der Waals surface area contributed by atoms with Gasteiger partial charge in [-0.1, -0.05) is 144 Å². The normalized spacial score (nSPS) is 11.7. The zero-order chi connectivity index (χ0) is 33.2. The van der Waals surface area contributed by atoms with Gasteiger partial charge in [0.25, 0.3) is 0 Å². The quantitative estimate of drug-likeness (QED) is 0.173. The van der Waals surface area contributed by atoms with Crippen molar-refractivity contribution >= 4 is 32.3 Å². The average Bonchev–Trinajstić information content (AvgIpc) is 3.52. The third-order valence-corrected chi connectivity index (χ3v) is 10.3. The molecule has 234 valence electrons. The van der Waals surface area contributed by atoms with E-state index in [1.54, 1.807) is 0 Å². The van der Waals surface area contributed by atoms with Crippen LogP contribution >= 0.6 is 0 Å². The first kappa shape index (κ1) is 29.2. The number of aryl methyl sites for hydroxylation is 3. The van der Waals surface area contributed by atoms with Gasteiger partial charge in [0, 0.05) is 12.6 Å². The molecule has 0 spiro atoms. The number of hydrogen-bond donors (Lipinski definition) is 0. The first-order chi connectivity index (χ1) is 23.9. The van der Waals surface area contributed by atoms with Crippen molar-refractivity contribution in [1.29, 1.82) is 0 Å². The summed E-state index contributed by atoms with van der Waals surface area (Å²) in [6, 6.07) is 51.6. The SMILES string of the molecule is Cc1ccc(-c2cc(-c3ccc(C)cc3)c3ccc4c(-c5ncc(-c6ccccc6)n5C)cc(-c5ccc(C)cc5)c5ccc2c3c54)cc1. The summed E-state index contributed by atoms with van der Waals surface area (Å²) in [5.41, 5.74) is 14.6. The highest BCUT2D eigenvalue weighted by Crippen LogP contribution is 2.48. The van der Waals surface area contributed by atoms with Gasteiger partial charge < -0.3 is 4.57 Å². The van der Waals surface area contributed by atoms with E-state index in [0.29, 0.717) is 0 Å². The molecule has 0 N–H and O–H groups in total. The number of hydrogen-bond acceptors (Lipinski definition) is 1. The molecule has 0 amide bonds. The van der Waals surface area contributed by atoms with E-state index in [1.165, 1.54) is 82.4 Å². The van der Waals surface area contributed by atoms with Crippen molar-refractivity contribution in [2.24, 2.45) is 7.05 Å². The van der Waals surface area contributed by atoms with Crippen LogP contribution < -0.4 is 0 Å². The van der Waals surface area contributed by atoms with Crippen LogP contribution in [0.15, 0.2) is 146 Å². The van der Waals surface area contributed by atoms with Crippen molar-refractivity contribution in [1.82, 2.24) is 9.55 Å². The molecule has 9 rings (SSSR count). The van der Waals surface area contributed by atoms with E-state index in [0.717, 1.165) is 22.6 Å². The summed E-state index contributed by atoms with van der Waals surface area (Å²) in [7, 11) is 2.14. The summed E-state index contributed by atoms with van der Waals surface area (Å²) in [6.45, 7) is 6.46. The van der Waals surface area contributed by atoms with Crippen LogP contribution in [0.25, 0.3) is 88.3 Å². The number of nitrogens with zero attached hydrogens (tertiary/aromatic N) is 2. The number of rotatable bonds is 5. The van der Waals surface area contributed by atoms with Crippen molar-refractivity contribution in [3.63, 3.8) is 0 Å². The lowest BCUT2D eigenvalue weighted by molar-refractivity contribution is 0.934. The fourth-order valence-electron chi connectivity index (χ4n) is 7.63. The lowest BCUT2D eigenvalue weighted by atomic mass is 9.82. The molecule has 0 aliphatic rings. The van der Waals surface area contributed by atoms with Crippen molar-refractivity contribution in [2.45, 2.75) is 20.8 Å². The highest BCUT2D eigenvalue weighted by molar-refractivity contribution is 6.31. The molecule has 0 radical (unpaired) electrons. The summed E-state index contributed by atoms with van der Waals surface area (Å²) >= 11 is 0. The van der Waals surface area contributed by atoms with Gasteiger partial charge in [0.1, 0.15) is 5.82 Å². The maximum absolute atomic E-state index is 5.10. The molecular formula is C47H36N2. The van der Waals surface area contributed by atoms with Gasteiger partial charge in [0.2, 0.25) is 0 Å². The van der Waals surface area contributed by atoms with Gasteiger partial charge in [-0.2, -0.15) is 0 Å². The predicted octanol–water partition coefficient (Wildman–Crippen LogP) is 12.6. The largest absolute Gasteiger partial charge is 0.327 e. The molecule has 8 aromatic carbocycles. The summed E-state index contributed by atoms with van der Waals surface area (Å²) in [6.07, 6.45) is 2.01. The van der Waals surface area contributed by atoms with E-state index in [1.807, 2.05) is 6.20 Å². The molecule has 0 bridgehead atoms. The summed E-state index contributed by atoms with van der Waals surface area (Å²) in [5, 5.41) is 7.60. The lowest BCUT2D eigenvalue weighted by Gasteiger charge is -2.21. The van der Waals surface area contributed by atoms with Crippen molar-refractivity contribution in [3.05, 3.63) is 162 Å². The Bertz CT molecular complexity index is 2580. The van der Waals surface area contributed by atoms with Crippen LogP contribution in [-0.2, 0) is 7.05 Å². The molecular weight excluding hydrogens is 593 g/mol. The second-order valence-corrected chi connectivity index (χ2v) is 13.5. The fraction of sp³-hybridized carbons (Fsp3) is 0.0851. The molecule has 0 saturated heterocycles. The molecule has 0 aliphatic heterocycles. The predicted molar refractivity (Wildman–Crippen MR) is 208 cm³/mol. The first-order valence-electron chi connectivity index (χ1n) is 17.0. The van der Waals surface area contributed by atoms with E-state index in [-0.39, 0.29) is 0 Å². The Morgan fingerprint density at radius 1 is 0.408 bits per heavy atom. The van der Waals surface area contributed by atoms with Gasteiger partial charge in [0.15, 0.2) is 0 Å². The Hall–Kier alpha value is -5.99. The molecule has 0 aliphatic carbocycles. The van der Waals surface area contributed by atoms with E-state index < -0.39 is 0 Å². The minimum absolute atomic E-state index is 0.961. The third kappa shape index (κ3) is 4.75. The maximum Gasteiger partial charge on any atom is 0.140 e. The molecule has 0 unspecified atom stereocenters. The molecule has 1 aromatic heterocycles. The Morgan fingerprint density at radius 2 is 0.796 bits per heavy atom. The van der Waals surface area contributed by atoms with Gasteiger partial charge in [-0.3, -0.25) is 0 Å². The smallest absolute Gasteiger partial charge is 0.140 e. The molecule has 1 heterocycles. The first-order valence-corrected chi connectivity index (χ1v) is 17.0. The molecule has 9 aromatic rings. The summed E-state index contributed by atoms with van der Waals surface area (Å²) in [5.74, 6) is 0.961. The minimum atomic E-state index is 0.961. The van der Waals surface area contributed by atoms with Crippen LogP contribution in [0.5, 0.6) is 0 Å². The average molecular weight is 629 g/mol. The zero-order valence-electron chi connectivity index (χ0n) is 28.3. The monoisotopic (exact) mass is 628 g/mol. The highest BCUT2D eigenvalue weighted by atomic mass is 15.1. The lowest BCUT2D eigenvalue weighted by Crippen LogP contribution is -1.98. The van der Waals surface area contributed by atoms with Crippen molar-refractivity contribution in [3.8, 4) is 56.0 Å². The Morgan fingerprint density at radius 3 is 1.22 bits per heavy atom. The van der Waals surface area contributed by atoms with Gasteiger partial charge in [-0.15, -0.1) is 0 Å². The van der Waals surface area contributed by atoms with E-state index in [2.05, 4.69) is 172 Å². The molecule has 0 atom stereocenters. The van der Waals surface area contributed by atoms with Crippen molar-refractivity contribution < 1.29 is 0 Å². The second-order valence-electron chi connectivity index (χ2n) is 13.5. The van der Waals surface area contributed by atoms with Crippen LogP contribution in [0.1, 0.15) is 16.7 Å². The molecule has 2 heteroatoms. The van der Waals surface area contributed by atoms with Crippen molar-refractivity contribution in [2.75, 3.05) is 0 Å². The molecule has 0 saturated carbocycles. The van der Waals surface area contributed by atoms with Gasteiger partial charge in [-0.25, -0.2) is 4.98 Å². The fourth-order valence-corrected chi connectivity index (χ4v) is 7.63. The molecule has 49 heavy (non-hydrogen) atoms. The molecule has 0 fully saturated rings. The van der Waals surface area contributed by atoms with E-state index in [4.69, 9.17) is 4.98 Å². The highest BCUT2D eigenvalue weighted by Gasteiger charge is 2.22. The Kier molecular flexibility index (Phi) is 6.74. The van der Waals surface area contributed by atoms with E-state index in [9.17, 15) is 0 Å². The van der Waals surface area contributed by atoms with Crippen LogP contribution in [0.3, 0.4) is 0 Å². The number of benzene rings is 8. The topological polar surface area (TPSA) is 17.8 Å². The van der Waals surface area contributed by atoms with Gasteiger partial charge in [0.05, 0.1) is 11.9 Å². The van der Waals surface area contributed by atoms with E-state index >= 15 is 0 Å². The van der Waals surface area contributed by atoms with Crippen LogP contribution in [0.4, 0.5) is 0 Å². The second kappa shape index (κ2) is 11.3. The van der Waals surface area contributed by atoms with Gasteiger partial charge >= 0.3 is 0 Å². The van der Waals surface area contributed by atoms with Crippen LogP contribution in [-0.4, -0.2) is 9.55 Å². The third-order valence-electron chi connectivity index (χ3n) is 10.3. The van der Waals surface area contributed by atoms with Crippen LogP contribution in [0, 0.1) is 20.8 Å². The molecule has 2 nitrogen and oxygen atoms in total. The Labute approximate surface area is 287 Å². The maximum atomic E-state index is 5.10. The number of imidazole rings is 1. The van der Waals surface area contributed by atoms with Crippen LogP contribution in [0.2, 0.25) is 0 Å². The Balaban J connectivity index is 1.43. The minimum Gasteiger partial charge on any atom is -0.327 e. The van der Waals surface area contributed by atoms with Gasteiger partial charge in [-0.05, 0) is 104 Å².